The number of aromatic nitrogens is 4. The fourth-order valence-electron chi connectivity index (χ4n) is 6.98. The quantitative estimate of drug-likeness (QED) is 0.176. The molecular weight excluding hydrogens is 647 g/mol. The summed E-state index contributed by atoms with van der Waals surface area (Å²) in [6, 6.07) is 52.4. The Morgan fingerprint density at radius 1 is 0.404 bits per heavy atom. The van der Waals surface area contributed by atoms with Gasteiger partial charge in [-0.05, 0) is 71.6 Å². The Labute approximate surface area is 299 Å². The zero-order chi connectivity index (χ0) is 35.2. The van der Waals surface area contributed by atoms with Crippen molar-refractivity contribution in [2.24, 2.45) is 0 Å². The Kier molecular flexibility index (Phi) is 7.70. The zero-order valence-electron chi connectivity index (χ0n) is 28.1. The van der Waals surface area contributed by atoms with Crippen molar-refractivity contribution in [3.05, 3.63) is 181 Å². The van der Waals surface area contributed by atoms with Gasteiger partial charge in [-0.3, -0.25) is 0 Å². The second-order valence-electron chi connectivity index (χ2n) is 12.9. The highest BCUT2D eigenvalue weighted by Gasteiger charge is 2.21. The molecule has 0 radical (unpaired) electrons. The van der Waals surface area contributed by atoms with Crippen LogP contribution >= 0.6 is 0 Å². The molecule has 52 heavy (non-hydrogen) atoms. The number of benzene rings is 7. The predicted molar refractivity (Wildman–Crippen MR) is 206 cm³/mol. The summed E-state index contributed by atoms with van der Waals surface area (Å²) in [6.07, 6.45) is 0. The average Bonchev–Trinajstić information content (AvgIpc) is 3.51. The van der Waals surface area contributed by atoms with Crippen molar-refractivity contribution in [2.75, 3.05) is 0 Å². The summed E-state index contributed by atoms with van der Waals surface area (Å²) in [7, 11) is 0. The van der Waals surface area contributed by atoms with Gasteiger partial charge in [0.1, 0.15) is 11.6 Å². The summed E-state index contributed by atoms with van der Waals surface area (Å²) in [6.45, 7) is 2.10. The number of nitrogens with zero attached hydrogens (tertiary/aromatic N) is 4. The van der Waals surface area contributed by atoms with Gasteiger partial charge in [0, 0.05) is 33.5 Å². The number of para-hydroxylation sites is 1. The lowest BCUT2D eigenvalue weighted by Crippen LogP contribution is -2.04. The third-order valence-corrected chi connectivity index (χ3v) is 9.40. The number of halogens is 2. The molecule has 0 aliphatic carbocycles. The number of fused-ring (bicyclic) bond motifs is 3. The van der Waals surface area contributed by atoms with Gasteiger partial charge in [0.05, 0.1) is 16.7 Å². The van der Waals surface area contributed by atoms with Crippen molar-refractivity contribution in [3.63, 3.8) is 0 Å². The molecule has 248 valence electrons. The highest BCUT2D eigenvalue weighted by Crippen LogP contribution is 2.39. The second kappa shape index (κ2) is 12.8. The van der Waals surface area contributed by atoms with E-state index in [2.05, 4.69) is 72.2 Å². The molecule has 0 unspecified atom stereocenters. The van der Waals surface area contributed by atoms with Crippen molar-refractivity contribution in [1.82, 2.24) is 19.5 Å². The SMILES string of the molecule is Cc1cccc(-c2ccc3c(c2)c2ccccc2n3-c2ccc(-c3cc(F)cc(F)c3)cc2-c2nc(-c3ccccc3)nc(-c3ccccc3)n2)c1. The molecule has 0 aliphatic heterocycles. The van der Waals surface area contributed by atoms with E-state index in [-0.39, 0.29) is 0 Å². The fraction of sp³-hybridized carbons (Fsp3) is 0.0217. The van der Waals surface area contributed by atoms with Crippen LogP contribution in [-0.4, -0.2) is 19.5 Å². The van der Waals surface area contributed by atoms with Crippen LogP contribution in [0.5, 0.6) is 0 Å². The topological polar surface area (TPSA) is 43.6 Å². The minimum atomic E-state index is -0.648. The Bertz CT molecular complexity index is 2700. The van der Waals surface area contributed by atoms with E-state index in [0.29, 0.717) is 34.2 Å². The molecule has 9 rings (SSSR count). The molecule has 2 heterocycles. The lowest BCUT2D eigenvalue weighted by Gasteiger charge is -2.16. The van der Waals surface area contributed by atoms with E-state index in [1.165, 1.54) is 17.7 Å². The van der Waals surface area contributed by atoms with Crippen LogP contribution in [0, 0.1) is 18.6 Å². The minimum Gasteiger partial charge on any atom is -0.309 e. The third kappa shape index (κ3) is 5.70. The van der Waals surface area contributed by atoms with Gasteiger partial charge in [0.25, 0.3) is 0 Å². The van der Waals surface area contributed by atoms with Gasteiger partial charge < -0.3 is 4.57 Å². The van der Waals surface area contributed by atoms with Gasteiger partial charge in [-0.15, -0.1) is 0 Å². The molecule has 0 bridgehead atoms. The molecule has 0 saturated carbocycles. The first kappa shape index (κ1) is 31.2. The summed E-state index contributed by atoms with van der Waals surface area (Å²) in [5, 5.41) is 2.20. The highest BCUT2D eigenvalue weighted by atomic mass is 19.1. The van der Waals surface area contributed by atoms with Crippen LogP contribution in [0.2, 0.25) is 0 Å². The maximum Gasteiger partial charge on any atom is 0.166 e. The van der Waals surface area contributed by atoms with Gasteiger partial charge in [-0.25, -0.2) is 23.7 Å². The normalized spacial score (nSPS) is 11.4. The van der Waals surface area contributed by atoms with Crippen molar-refractivity contribution >= 4 is 21.8 Å². The Balaban J connectivity index is 1.34. The maximum absolute atomic E-state index is 14.6. The molecule has 0 aliphatic rings. The summed E-state index contributed by atoms with van der Waals surface area (Å²) >= 11 is 0. The van der Waals surface area contributed by atoms with E-state index >= 15 is 0 Å². The van der Waals surface area contributed by atoms with E-state index in [9.17, 15) is 8.78 Å². The van der Waals surface area contributed by atoms with Crippen LogP contribution in [0.3, 0.4) is 0 Å². The molecule has 7 aromatic carbocycles. The molecule has 2 aromatic heterocycles. The van der Waals surface area contributed by atoms with Gasteiger partial charge in [-0.1, -0.05) is 121 Å². The minimum absolute atomic E-state index is 0.413. The van der Waals surface area contributed by atoms with Crippen molar-refractivity contribution in [1.29, 1.82) is 0 Å². The summed E-state index contributed by atoms with van der Waals surface area (Å²) < 4.78 is 31.4. The fourth-order valence-corrected chi connectivity index (χ4v) is 6.98. The van der Waals surface area contributed by atoms with E-state index in [1.807, 2.05) is 84.9 Å². The van der Waals surface area contributed by atoms with E-state index in [1.54, 1.807) is 0 Å². The van der Waals surface area contributed by atoms with E-state index in [0.717, 1.165) is 55.8 Å². The van der Waals surface area contributed by atoms with Crippen LogP contribution in [0.15, 0.2) is 164 Å². The first-order chi connectivity index (χ1) is 25.5. The zero-order valence-corrected chi connectivity index (χ0v) is 28.1. The molecule has 4 nitrogen and oxygen atoms in total. The average molecular weight is 677 g/mol. The smallest absolute Gasteiger partial charge is 0.166 e. The first-order valence-corrected chi connectivity index (χ1v) is 17.1. The van der Waals surface area contributed by atoms with E-state index < -0.39 is 11.6 Å². The number of aryl methyl sites for hydroxylation is 1. The Morgan fingerprint density at radius 2 is 0.962 bits per heavy atom. The molecule has 0 N–H and O–H groups in total. The van der Waals surface area contributed by atoms with Gasteiger partial charge in [-0.2, -0.15) is 0 Å². The van der Waals surface area contributed by atoms with Crippen LogP contribution in [0.1, 0.15) is 5.56 Å². The molecule has 0 saturated heterocycles. The van der Waals surface area contributed by atoms with Gasteiger partial charge in [0.15, 0.2) is 17.5 Å². The van der Waals surface area contributed by atoms with Crippen LogP contribution in [-0.2, 0) is 0 Å². The van der Waals surface area contributed by atoms with Crippen molar-refractivity contribution < 1.29 is 8.78 Å². The van der Waals surface area contributed by atoms with Crippen LogP contribution < -0.4 is 0 Å². The predicted octanol–water partition coefficient (Wildman–Crippen LogP) is 11.9. The largest absolute Gasteiger partial charge is 0.309 e. The van der Waals surface area contributed by atoms with Crippen molar-refractivity contribution in [3.8, 4) is 62.1 Å². The molecule has 0 spiro atoms. The Hall–Kier alpha value is -6.79. The molecule has 0 atom stereocenters. The van der Waals surface area contributed by atoms with Gasteiger partial charge >= 0.3 is 0 Å². The van der Waals surface area contributed by atoms with E-state index in [4.69, 9.17) is 15.0 Å². The van der Waals surface area contributed by atoms with Crippen molar-refractivity contribution in [2.45, 2.75) is 6.92 Å². The summed E-state index contributed by atoms with van der Waals surface area (Å²) in [5.74, 6) is 0.171. The first-order valence-electron chi connectivity index (χ1n) is 17.1. The molecule has 9 aromatic rings. The maximum atomic E-state index is 14.6. The molecule has 0 amide bonds. The third-order valence-electron chi connectivity index (χ3n) is 9.40. The number of hydrogen-bond donors (Lipinski definition) is 0. The number of hydrogen-bond acceptors (Lipinski definition) is 3. The molecule has 0 fully saturated rings. The van der Waals surface area contributed by atoms with Crippen LogP contribution in [0.4, 0.5) is 8.78 Å². The van der Waals surface area contributed by atoms with Crippen LogP contribution in [0.25, 0.3) is 83.9 Å². The Morgan fingerprint density at radius 3 is 1.65 bits per heavy atom. The number of rotatable bonds is 6. The lowest BCUT2D eigenvalue weighted by molar-refractivity contribution is 0.584. The highest BCUT2D eigenvalue weighted by molar-refractivity contribution is 6.11. The van der Waals surface area contributed by atoms with Gasteiger partial charge in [0.2, 0.25) is 0 Å². The second-order valence-corrected chi connectivity index (χ2v) is 12.9. The standard InChI is InChI=1S/C46H30F2N4/c1-29-11-10-16-32(23-29)33-19-21-42-39(26-33)38-17-8-9-18-41(38)52(42)43-22-20-34(35-24-36(47)28-37(48)25-35)27-40(43)46-50-44(30-12-4-2-5-13-30)49-45(51-46)31-14-6-3-7-15-31/h2-28H,1H3. The monoisotopic (exact) mass is 676 g/mol. The summed E-state index contributed by atoms with van der Waals surface area (Å²) in [4.78, 5) is 15.1. The molecule has 6 heteroatoms. The summed E-state index contributed by atoms with van der Waals surface area (Å²) in [5.41, 5.74) is 9.71. The molecular formula is C46H30F2N4. The lowest BCUT2D eigenvalue weighted by atomic mass is 10.00.